The molecule has 0 saturated carbocycles. The summed E-state index contributed by atoms with van der Waals surface area (Å²) in [6.45, 7) is 1.96. The number of ether oxygens (including phenoxy) is 1. The van der Waals surface area contributed by atoms with Gasteiger partial charge in [0, 0.05) is 11.6 Å². The van der Waals surface area contributed by atoms with Crippen LogP contribution in [0.4, 0.5) is 0 Å². The van der Waals surface area contributed by atoms with Crippen molar-refractivity contribution < 1.29 is 14.3 Å². The number of nitrogens with zero attached hydrogens (tertiary/aromatic N) is 2. The van der Waals surface area contributed by atoms with Crippen LogP contribution in [0, 0.1) is 0 Å². The highest BCUT2D eigenvalue weighted by Crippen LogP contribution is 2.15. The minimum Gasteiger partial charge on any atom is -0.461 e. The second kappa shape index (κ2) is 5.86. The fraction of sp³-hybridized carbons (Fsp3) is 0.143. The van der Waals surface area contributed by atoms with E-state index in [9.17, 15) is 9.59 Å². The Morgan fingerprint density at radius 3 is 2.63 bits per heavy atom. The first-order valence-electron chi connectivity index (χ1n) is 5.81. The fourth-order valence-corrected chi connectivity index (χ4v) is 1.55. The van der Waals surface area contributed by atoms with E-state index in [1.807, 2.05) is 18.2 Å². The molecule has 2 rings (SSSR count). The van der Waals surface area contributed by atoms with Crippen LogP contribution in [-0.2, 0) is 4.74 Å². The molecule has 96 valence electrons. The smallest absolute Gasteiger partial charge is 0.357 e. The number of esters is 1. The van der Waals surface area contributed by atoms with Gasteiger partial charge < -0.3 is 4.74 Å². The van der Waals surface area contributed by atoms with Crippen molar-refractivity contribution in [3.05, 3.63) is 47.8 Å². The average molecular weight is 256 g/mol. The highest BCUT2D eigenvalue weighted by Gasteiger charge is 2.13. The first kappa shape index (κ1) is 12.9. The minimum atomic E-state index is -0.565. The first-order chi connectivity index (χ1) is 9.24. The molecule has 5 heteroatoms. The summed E-state index contributed by atoms with van der Waals surface area (Å²) in [5, 5.41) is 0. The number of benzene rings is 1. The molecule has 19 heavy (non-hydrogen) atoms. The Labute approximate surface area is 110 Å². The van der Waals surface area contributed by atoms with Crippen molar-refractivity contribution in [3.63, 3.8) is 0 Å². The highest BCUT2D eigenvalue weighted by atomic mass is 16.5. The summed E-state index contributed by atoms with van der Waals surface area (Å²) in [6.07, 6.45) is 0.580. The molecule has 0 N–H and O–H groups in total. The maximum Gasteiger partial charge on any atom is 0.357 e. The Morgan fingerprint density at radius 1 is 1.26 bits per heavy atom. The van der Waals surface area contributed by atoms with E-state index in [-0.39, 0.29) is 18.0 Å². The largest absolute Gasteiger partial charge is 0.461 e. The summed E-state index contributed by atoms with van der Waals surface area (Å²) in [5.74, 6) is -0.238. The standard InChI is InChI=1S/C14H12N2O3/c1-2-19-14(18)12-8-11(9-17)15-13(16-12)10-6-4-3-5-7-10/h3-9H,2H2,1H3. The Morgan fingerprint density at radius 2 is 2.00 bits per heavy atom. The number of aldehydes is 1. The SMILES string of the molecule is CCOC(=O)c1cc(C=O)nc(-c2ccccc2)n1. The molecule has 0 spiro atoms. The molecule has 0 bridgehead atoms. The molecule has 0 radical (unpaired) electrons. The van der Waals surface area contributed by atoms with Gasteiger partial charge in [-0.1, -0.05) is 30.3 Å². The van der Waals surface area contributed by atoms with Crippen molar-refractivity contribution >= 4 is 12.3 Å². The maximum atomic E-state index is 11.7. The van der Waals surface area contributed by atoms with Crippen LogP contribution in [-0.4, -0.2) is 28.8 Å². The van der Waals surface area contributed by atoms with Crippen LogP contribution in [0.25, 0.3) is 11.4 Å². The third-order valence-electron chi connectivity index (χ3n) is 2.38. The topological polar surface area (TPSA) is 69.2 Å². The van der Waals surface area contributed by atoms with Crippen LogP contribution in [0.5, 0.6) is 0 Å². The van der Waals surface area contributed by atoms with Crippen LogP contribution in [0.3, 0.4) is 0 Å². The van der Waals surface area contributed by atoms with Gasteiger partial charge in [0.1, 0.15) is 5.69 Å². The van der Waals surface area contributed by atoms with Gasteiger partial charge in [-0.15, -0.1) is 0 Å². The Bertz CT molecular complexity index is 597. The third kappa shape index (κ3) is 3.01. The molecule has 0 fully saturated rings. The summed E-state index contributed by atoms with van der Waals surface area (Å²) < 4.78 is 4.87. The molecule has 0 amide bonds. The van der Waals surface area contributed by atoms with E-state index in [1.54, 1.807) is 19.1 Å². The average Bonchev–Trinajstić information content (AvgIpc) is 2.48. The van der Waals surface area contributed by atoms with Gasteiger partial charge >= 0.3 is 5.97 Å². The van der Waals surface area contributed by atoms with E-state index in [4.69, 9.17) is 4.74 Å². The molecule has 1 aromatic heterocycles. The number of aromatic nitrogens is 2. The molecular weight excluding hydrogens is 244 g/mol. The molecule has 0 unspecified atom stereocenters. The van der Waals surface area contributed by atoms with Crippen LogP contribution in [0.15, 0.2) is 36.4 Å². The lowest BCUT2D eigenvalue weighted by Crippen LogP contribution is -2.10. The van der Waals surface area contributed by atoms with E-state index in [2.05, 4.69) is 9.97 Å². The monoisotopic (exact) mass is 256 g/mol. The second-order valence-electron chi connectivity index (χ2n) is 3.71. The van der Waals surface area contributed by atoms with Gasteiger partial charge in [0.25, 0.3) is 0 Å². The van der Waals surface area contributed by atoms with Gasteiger partial charge in [-0.25, -0.2) is 14.8 Å². The molecular formula is C14H12N2O3. The zero-order chi connectivity index (χ0) is 13.7. The minimum absolute atomic E-state index is 0.0813. The normalized spacial score (nSPS) is 9.95. The lowest BCUT2D eigenvalue weighted by Gasteiger charge is -2.05. The molecule has 0 atom stereocenters. The van der Waals surface area contributed by atoms with Crippen molar-refractivity contribution in [2.45, 2.75) is 6.92 Å². The molecule has 0 aliphatic rings. The van der Waals surface area contributed by atoms with E-state index in [0.29, 0.717) is 12.1 Å². The van der Waals surface area contributed by atoms with Crippen LogP contribution < -0.4 is 0 Å². The van der Waals surface area contributed by atoms with E-state index >= 15 is 0 Å². The highest BCUT2D eigenvalue weighted by molar-refractivity contribution is 5.89. The van der Waals surface area contributed by atoms with Gasteiger partial charge in [-0.3, -0.25) is 4.79 Å². The molecule has 0 aliphatic heterocycles. The van der Waals surface area contributed by atoms with E-state index in [0.717, 1.165) is 5.56 Å². The van der Waals surface area contributed by atoms with Gasteiger partial charge in [0.2, 0.25) is 0 Å². The summed E-state index contributed by atoms with van der Waals surface area (Å²) >= 11 is 0. The zero-order valence-corrected chi connectivity index (χ0v) is 10.4. The molecule has 1 heterocycles. The first-order valence-corrected chi connectivity index (χ1v) is 5.81. The van der Waals surface area contributed by atoms with Crippen LogP contribution in [0.1, 0.15) is 27.9 Å². The summed E-state index contributed by atoms with van der Waals surface area (Å²) in [4.78, 5) is 30.8. The number of hydrogen-bond donors (Lipinski definition) is 0. The van der Waals surface area contributed by atoms with Crippen molar-refractivity contribution in [3.8, 4) is 11.4 Å². The van der Waals surface area contributed by atoms with Crippen LogP contribution in [0.2, 0.25) is 0 Å². The van der Waals surface area contributed by atoms with Gasteiger partial charge in [0.15, 0.2) is 17.8 Å². The predicted octanol–water partition coefficient (Wildman–Crippen LogP) is 2.13. The Balaban J connectivity index is 2.47. The quantitative estimate of drug-likeness (QED) is 0.619. The van der Waals surface area contributed by atoms with Gasteiger partial charge in [0.05, 0.1) is 6.61 Å². The number of hydrogen-bond acceptors (Lipinski definition) is 5. The van der Waals surface area contributed by atoms with Gasteiger partial charge in [-0.2, -0.15) is 0 Å². The predicted molar refractivity (Wildman–Crippen MR) is 68.8 cm³/mol. The van der Waals surface area contributed by atoms with E-state index in [1.165, 1.54) is 6.07 Å². The van der Waals surface area contributed by atoms with E-state index < -0.39 is 5.97 Å². The third-order valence-corrected chi connectivity index (χ3v) is 2.38. The van der Waals surface area contributed by atoms with Crippen molar-refractivity contribution in [2.24, 2.45) is 0 Å². The zero-order valence-electron chi connectivity index (χ0n) is 10.4. The molecule has 0 aliphatic carbocycles. The summed E-state index contributed by atoms with van der Waals surface area (Å²) in [6, 6.07) is 10.4. The second-order valence-corrected chi connectivity index (χ2v) is 3.71. The lowest BCUT2D eigenvalue weighted by atomic mass is 10.2. The number of carbonyl (C=O) groups is 2. The van der Waals surface area contributed by atoms with Crippen LogP contribution >= 0.6 is 0 Å². The molecule has 1 aromatic carbocycles. The van der Waals surface area contributed by atoms with Crippen molar-refractivity contribution in [1.29, 1.82) is 0 Å². The van der Waals surface area contributed by atoms with Crippen molar-refractivity contribution in [1.82, 2.24) is 9.97 Å². The Hall–Kier alpha value is -2.56. The Kier molecular flexibility index (Phi) is 3.97. The molecule has 0 saturated heterocycles. The summed E-state index contributed by atoms with van der Waals surface area (Å²) in [7, 11) is 0. The molecule has 2 aromatic rings. The fourth-order valence-electron chi connectivity index (χ4n) is 1.55. The lowest BCUT2D eigenvalue weighted by molar-refractivity contribution is 0.0519. The number of carbonyl (C=O) groups excluding carboxylic acids is 2. The van der Waals surface area contributed by atoms with Crippen molar-refractivity contribution in [2.75, 3.05) is 6.61 Å². The number of rotatable bonds is 4. The van der Waals surface area contributed by atoms with Gasteiger partial charge in [-0.05, 0) is 6.92 Å². The summed E-state index contributed by atoms with van der Waals surface area (Å²) in [5.41, 5.74) is 0.964. The molecule has 5 nitrogen and oxygen atoms in total. The maximum absolute atomic E-state index is 11.7.